The Labute approximate surface area is 81.1 Å². The quantitative estimate of drug-likeness (QED) is 0.678. The van der Waals surface area contributed by atoms with Crippen molar-refractivity contribution in [1.82, 2.24) is 0 Å². The Morgan fingerprint density at radius 3 is 2.54 bits per heavy atom. The first-order valence-corrected chi connectivity index (χ1v) is 5.26. The molecule has 1 rings (SSSR count). The molecule has 0 aliphatic heterocycles. The summed E-state index contributed by atoms with van der Waals surface area (Å²) >= 11 is 0. The van der Waals surface area contributed by atoms with E-state index in [1.807, 2.05) is 0 Å². The van der Waals surface area contributed by atoms with E-state index in [2.05, 4.69) is 13.5 Å². The molecular weight excluding hydrogens is 162 g/mol. The van der Waals surface area contributed by atoms with E-state index in [1.54, 1.807) is 0 Å². The molecule has 0 radical (unpaired) electrons. The van der Waals surface area contributed by atoms with Crippen LogP contribution in [-0.2, 0) is 4.74 Å². The van der Waals surface area contributed by atoms with Gasteiger partial charge in [-0.05, 0) is 32.1 Å². The van der Waals surface area contributed by atoms with Crippen molar-refractivity contribution >= 4 is 0 Å². The molecule has 0 amide bonds. The average molecular weight is 183 g/mol. The largest absolute Gasteiger partial charge is 0.374 e. The molecule has 0 bridgehead atoms. The fraction of sp³-hybridized carbons (Fsp3) is 0.818. The summed E-state index contributed by atoms with van der Waals surface area (Å²) in [6.45, 7) is 6.77. The van der Waals surface area contributed by atoms with Gasteiger partial charge in [0.15, 0.2) is 0 Å². The van der Waals surface area contributed by atoms with E-state index in [0.717, 1.165) is 38.7 Å². The Morgan fingerprint density at radius 1 is 1.38 bits per heavy atom. The Morgan fingerprint density at radius 2 is 2.00 bits per heavy atom. The number of nitrogens with two attached hydrogens (primary N) is 1. The van der Waals surface area contributed by atoms with Gasteiger partial charge in [0.25, 0.3) is 0 Å². The third-order valence-electron chi connectivity index (χ3n) is 2.74. The first-order chi connectivity index (χ1) is 6.22. The fourth-order valence-electron chi connectivity index (χ4n) is 1.59. The number of hydrogen-bond donors (Lipinski definition) is 1. The van der Waals surface area contributed by atoms with Crippen molar-refractivity contribution in [2.45, 2.75) is 51.2 Å². The van der Waals surface area contributed by atoms with E-state index in [1.165, 1.54) is 5.57 Å². The number of rotatable bonds is 4. The van der Waals surface area contributed by atoms with Crippen molar-refractivity contribution in [3.05, 3.63) is 12.2 Å². The highest BCUT2D eigenvalue weighted by Gasteiger charge is 2.18. The molecule has 1 aliphatic carbocycles. The van der Waals surface area contributed by atoms with Crippen molar-refractivity contribution in [3.63, 3.8) is 0 Å². The molecule has 1 saturated carbocycles. The fourth-order valence-corrected chi connectivity index (χ4v) is 1.59. The summed E-state index contributed by atoms with van der Waals surface area (Å²) < 4.78 is 5.73. The SMILES string of the molecule is C=C(CC)COC1CCC(N)CC1. The lowest BCUT2D eigenvalue weighted by atomic mass is 9.94. The van der Waals surface area contributed by atoms with E-state index in [9.17, 15) is 0 Å². The topological polar surface area (TPSA) is 35.2 Å². The highest BCUT2D eigenvalue weighted by molar-refractivity contribution is 4.92. The van der Waals surface area contributed by atoms with Crippen LogP contribution in [0.3, 0.4) is 0 Å². The van der Waals surface area contributed by atoms with Gasteiger partial charge < -0.3 is 10.5 Å². The maximum Gasteiger partial charge on any atom is 0.0677 e. The first kappa shape index (κ1) is 10.7. The second-order valence-corrected chi connectivity index (χ2v) is 3.95. The lowest BCUT2D eigenvalue weighted by Crippen LogP contribution is -2.30. The van der Waals surface area contributed by atoms with Crippen LogP contribution in [0.2, 0.25) is 0 Å². The smallest absolute Gasteiger partial charge is 0.0677 e. The van der Waals surface area contributed by atoms with Crippen molar-refractivity contribution < 1.29 is 4.74 Å². The molecule has 76 valence electrons. The molecule has 0 aromatic rings. The zero-order chi connectivity index (χ0) is 9.68. The standard InChI is InChI=1S/C11H21NO/c1-3-9(2)8-13-11-6-4-10(12)5-7-11/h10-11H,2-8,12H2,1H3. The van der Waals surface area contributed by atoms with Gasteiger partial charge in [-0.3, -0.25) is 0 Å². The molecule has 1 fully saturated rings. The third kappa shape index (κ3) is 3.92. The molecule has 2 heteroatoms. The van der Waals surface area contributed by atoms with Gasteiger partial charge >= 0.3 is 0 Å². The van der Waals surface area contributed by atoms with Crippen LogP contribution in [0.1, 0.15) is 39.0 Å². The van der Waals surface area contributed by atoms with E-state index in [-0.39, 0.29) is 0 Å². The summed E-state index contributed by atoms with van der Waals surface area (Å²) in [7, 11) is 0. The molecule has 13 heavy (non-hydrogen) atoms. The molecule has 0 aromatic carbocycles. The minimum atomic E-state index is 0.411. The molecular formula is C11H21NO. The molecule has 2 N–H and O–H groups in total. The van der Waals surface area contributed by atoms with E-state index in [0.29, 0.717) is 12.1 Å². The van der Waals surface area contributed by atoms with Crippen LogP contribution >= 0.6 is 0 Å². The predicted octanol–water partition coefficient (Wildman–Crippen LogP) is 2.24. The van der Waals surface area contributed by atoms with Crippen molar-refractivity contribution in [1.29, 1.82) is 0 Å². The summed E-state index contributed by atoms with van der Waals surface area (Å²) in [6, 6.07) is 0.411. The molecule has 1 aliphatic rings. The van der Waals surface area contributed by atoms with Crippen molar-refractivity contribution in [2.75, 3.05) is 6.61 Å². The second-order valence-electron chi connectivity index (χ2n) is 3.95. The third-order valence-corrected chi connectivity index (χ3v) is 2.74. The van der Waals surface area contributed by atoms with Gasteiger partial charge in [-0.1, -0.05) is 19.1 Å². The molecule has 0 atom stereocenters. The molecule has 2 nitrogen and oxygen atoms in total. The molecule has 0 saturated heterocycles. The van der Waals surface area contributed by atoms with Crippen LogP contribution in [0.15, 0.2) is 12.2 Å². The van der Waals surface area contributed by atoms with Gasteiger partial charge in [0.1, 0.15) is 0 Å². The number of hydrogen-bond acceptors (Lipinski definition) is 2. The lowest BCUT2D eigenvalue weighted by molar-refractivity contribution is 0.0383. The van der Waals surface area contributed by atoms with Crippen LogP contribution < -0.4 is 5.73 Å². The Hall–Kier alpha value is -0.340. The zero-order valence-electron chi connectivity index (χ0n) is 8.59. The molecule has 0 heterocycles. The zero-order valence-corrected chi connectivity index (χ0v) is 8.59. The van der Waals surface area contributed by atoms with Gasteiger partial charge in [0.05, 0.1) is 12.7 Å². The molecule has 0 spiro atoms. The van der Waals surface area contributed by atoms with Crippen LogP contribution in [-0.4, -0.2) is 18.8 Å². The Kier molecular flexibility index (Phi) is 4.46. The van der Waals surface area contributed by atoms with Gasteiger partial charge in [-0.25, -0.2) is 0 Å². The normalized spacial score (nSPS) is 28.8. The predicted molar refractivity (Wildman–Crippen MR) is 55.6 cm³/mol. The van der Waals surface area contributed by atoms with E-state index >= 15 is 0 Å². The minimum absolute atomic E-state index is 0.411. The number of ether oxygens (including phenoxy) is 1. The van der Waals surface area contributed by atoms with Crippen molar-refractivity contribution in [3.8, 4) is 0 Å². The summed E-state index contributed by atoms with van der Waals surface area (Å²) in [5.74, 6) is 0. The monoisotopic (exact) mass is 183 g/mol. The van der Waals surface area contributed by atoms with Crippen LogP contribution in [0.25, 0.3) is 0 Å². The minimum Gasteiger partial charge on any atom is -0.374 e. The Bertz CT molecular complexity index is 159. The van der Waals surface area contributed by atoms with Crippen molar-refractivity contribution in [2.24, 2.45) is 5.73 Å². The highest BCUT2D eigenvalue weighted by Crippen LogP contribution is 2.20. The summed E-state index contributed by atoms with van der Waals surface area (Å²) in [5, 5.41) is 0. The summed E-state index contributed by atoms with van der Waals surface area (Å²) in [4.78, 5) is 0. The van der Waals surface area contributed by atoms with Gasteiger partial charge in [-0.15, -0.1) is 0 Å². The second kappa shape index (κ2) is 5.40. The van der Waals surface area contributed by atoms with E-state index < -0.39 is 0 Å². The molecule has 0 unspecified atom stereocenters. The lowest BCUT2D eigenvalue weighted by Gasteiger charge is -2.26. The van der Waals surface area contributed by atoms with Gasteiger partial charge in [-0.2, -0.15) is 0 Å². The molecule has 0 aromatic heterocycles. The highest BCUT2D eigenvalue weighted by atomic mass is 16.5. The van der Waals surface area contributed by atoms with Gasteiger partial charge in [0.2, 0.25) is 0 Å². The maximum absolute atomic E-state index is 5.81. The average Bonchev–Trinajstić information content (AvgIpc) is 2.16. The van der Waals surface area contributed by atoms with Crippen LogP contribution in [0.5, 0.6) is 0 Å². The van der Waals surface area contributed by atoms with E-state index in [4.69, 9.17) is 10.5 Å². The first-order valence-electron chi connectivity index (χ1n) is 5.26. The van der Waals surface area contributed by atoms with Gasteiger partial charge in [0, 0.05) is 6.04 Å². The van der Waals surface area contributed by atoms with Crippen LogP contribution in [0.4, 0.5) is 0 Å². The maximum atomic E-state index is 5.81. The van der Waals surface area contributed by atoms with Crippen LogP contribution in [0, 0.1) is 0 Å². The Balaban J connectivity index is 2.12. The summed E-state index contributed by atoms with van der Waals surface area (Å²) in [5.41, 5.74) is 7.00. The summed E-state index contributed by atoms with van der Waals surface area (Å²) in [6.07, 6.45) is 5.93.